The molecule has 0 saturated carbocycles. The lowest BCUT2D eigenvalue weighted by atomic mass is 9.76. The maximum atomic E-state index is 2.56. The summed E-state index contributed by atoms with van der Waals surface area (Å²) < 4.78 is 4.91. The SMILES string of the molecule is CC(C)(C)c1cc(-c2cc(-c3ccc4c(c3)c3ccccc3n4-c3ccc4ccccc4c3)c(-c3cc(C(C)(C)C)cc(C(C)(C)C)c3)cc2-c2ccc3c(c2)c2ccccc2n3-c2ccc3ccccc3c2)cc(C(C)(C)C)c1. The van der Waals surface area contributed by atoms with Crippen LogP contribution in [0.5, 0.6) is 0 Å². The molecule has 13 aromatic rings. The maximum absolute atomic E-state index is 2.56. The zero-order chi connectivity index (χ0) is 55.6. The van der Waals surface area contributed by atoms with E-state index in [0.29, 0.717) is 0 Å². The quantitative estimate of drug-likeness (QED) is 0.157. The minimum absolute atomic E-state index is 0.0799. The predicted molar refractivity (Wildman–Crippen MR) is 347 cm³/mol. The van der Waals surface area contributed by atoms with Gasteiger partial charge >= 0.3 is 0 Å². The van der Waals surface area contributed by atoms with Gasteiger partial charge in [0.1, 0.15) is 0 Å². The second-order valence-corrected chi connectivity index (χ2v) is 26.8. The second kappa shape index (κ2) is 18.6. The number of fused-ring (bicyclic) bond motifs is 8. The summed E-state index contributed by atoms with van der Waals surface area (Å²) in [6.07, 6.45) is 0. The average Bonchev–Trinajstić information content (AvgIpc) is 4.17. The van der Waals surface area contributed by atoms with Crippen molar-refractivity contribution >= 4 is 65.2 Å². The molecular formula is C78H72N2. The third kappa shape index (κ3) is 8.90. The molecule has 0 radical (unpaired) electrons. The largest absolute Gasteiger partial charge is 0.309 e. The van der Waals surface area contributed by atoms with E-state index in [0.717, 1.165) is 11.4 Å². The van der Waals surface area contributed by atoms with Crippen molar-refractivity contribution in [2.24, 2.45) is 0 Å². The van der Waals surface area contributed by atoms with E-state index in [2.05, 4.69) is 311 Å². The first-order valence-corrected chi connectivity index (χ1v) is 28.7. The van der Waals surface area contributed by atoms with Crippen LogP contribution in [0.1, 0.15) is 105 Å². The first kappa shape index (κ1) is 51.0. The predicted octanol–water partition coefficient (Wildman–Crippen LogP) is 22.0. The standard InChI is InChI=1S/C78H72N2/c1-75(2,3)57-37-55(38-58(45-57)76(4,5)6)67-47-66(54-32-36-74-70(44-54)64-26-18-20-28-72(64)80(74)62-34-30-50-22-14-16-24-52(50)42-62)68(56-39-59(77(7,8)9)46-60(40-56)78(10,11)12)48-65(67)53-31-35-73-69(43-53)63-25-17-19-27-71(63)79(73)61-33-29-49-21-13-15-23-51(49)41-61/h13-48H,1-12H3. The fourth-order valence-electron chi connectivity index (χ4n) is 12.3. The van der Waals surface area contributed by atoms with Gasteiger partial charge in [0.25, 0.3) is 0 Å². The normalized spacial score (nSPS) is 12.8. The average molecular weight is 1040 g/mol. The van der Waals surface area contributed by atoms with E-state index >= 15 is 0 Å². The molecule has 0 bridgehead atoms. The molecule has 2 nitrogen and oxygen atoms in total. The topological polar surface area (TPSA) is 9.86 Å². The highest BCUT2D eigenvalue weighted by Crippen LogP contribution is 2.48. The molecule has 2 heterocycles. The highest BCUT2D eigenvalue weighted by atomic mass is 15.0. The Bertz CT molecular complexity index is 4260. The van der Waals surface area contributed by atoms with E-state index in [1.807, 2.05) is 0 Å². The van der Waals surface area contributed by atoms with Crippen molar-refractivity contribution in [1.82, 2.24) is 9.13 Å². The molecule has 0 aliphatic carbocycles. The number of rotatable bonds is 6. The van der Waals surface area contributed by atoms with Crippen LogP contribution in [0.3, 0.4) is 0 Å². The third-order valence-electron chi connectivity index (χ3n) is 17.1. The van der Waals surface area contributed by atoms with E-state index in [1.54, 1.807) is 0 Å². The summed E-state index contributed by atoms with van der Waals surface area (Å²) in [6, 6.07) is 83.4. The Morgan fingerprint density at radius 3 is 0.900 bits per heavy atom. The van der Waals surface area contributed by atoms with Gasteiger partial charge in [-0.05, 0) is 183 Å². The van der Waals surface area contributed by atoms with Crippen LogP contribution < -0.4 is 0 Å². The molecule has 0 spiro atoms. The zero-order valence-corrected chi connectivity index (χ0v) is 48.7. The van der Waals surface area contributed by atoms with Crippen molar-refractivity contribution in [3.05, 3.63) is 241 Å². The molecule has 2 aromatic heterocycles. The lowest BCUT2D eigenvalue weighted by molar-refractivity contribution is 0.568. The number of benzene rings is 11. The smallest absolute Gasteiger partial charge is 0.0541 e. The summed E-state index contributed by atoms with van der Waals surface area (Å²) in [7, 11) is 0. The van der Waals surface area contributed by atoms with Crippen LogP contribution >= 0.6 is 0 Å². The molecule has 13 rings (SSSR count). The number of nitrogens with zero attached hydrogens (tertiary/aromatic N) is 2. The Morgan fingerprint density at radius 2 is 0.537 bits per heavy atom. The first-order chi connectivity index (χ1) is 38.2. The fourth-order valence-corrected chi connectivity index (χ4v) is 12.3. The molecule has 0 N–H and O–H groups in total. The van der Waals surface area contributed by atoms with Gasteiger partial charge in [0.2, 0.25) is 0 Å². The molecule has 0 aliphatic rings. The summed E-state index contributed by atoms with van der Waals surface area (Å²) in [5.41, 5.74) is 21.8. The van der Waals surface area contributed by atoms with Gasteiger partial charge < -0.3 is 9.13 Å². The molecular weight excluding hydrogens is 965 g/mol. The molecule has 11 aromatic carbocycles. The Balaban J connectivity index is 1.13. The van der Waals surface area contributed by atoms with Crippen molar-refractivity contribution in [3.8, 4) is 55.9 Å². The van der Waals surface area contributed by atoms with Gasteiger partial charge in [-0.1, -0.05) is 229 Å². The van der Waals surface area contributed by atoms with Crippen molar-refractivity contribution < 1.29 is 0 Å². The van der Waals surface area contributed by atoms with Crippen LogP contribution in [0, 0.1) is 0 Å². The van der Waals surface area contributed by atoms with Gasteiger partial charge in [0.15, 0.2) is 0 Å². The Morgan fingerprint density at radius 1 is 0.225 bits per heavy atom. The van der Waals surface area contributed by atoms with Crippen molar-refractivity contribution in [2.75, 3.05) is 0 Å². The van der Waals surface area contributed by atoms with Crippen LogP contribution in [0.4, 0.5) is 0 Å². The number of para-hydroxylation sites is 2. The second-order valence-electron chi connectivity index (χ2n) is 26.8. The number of hydrogen-bond acceptors (Lipinski definition) is 0. The molecule has 2 heteroatoms. The van der Waals surface area contributed by atoms with E-state index in [9.17, 15) is 0 Å². The third-order valence-corrected chi connectivity index (χ3v) is 17.1. The van der Waals surface area contributed by atoms with Gasteiger partial charge in [0, 0.05) is 32.9 Å². The van der Waals surface area contributed by atoms with Crippen LogP contribution in [0.15, 0.2) is 218 Å². The Labute approximate surface area is 473 Å². The highest BCUT2D eigenvalue weighted by Gasteiger charge is 2.27. The van der Waals surface area contributed by atoms with Gasteiger partial charge in [0.05, 0.1) is 22.1 Å². The molecule has 80 heavy (non-hydrogen) atoms. The Hall–Kier alpha value is -8.46. The molecule has 0 aliphatic heterocycles. The summed E-state index contributed by atoms with van der Waals surface area (Å²) in [6.45, 7) is 28.2. The Kier molecular flexibility index (Phi) is 11.8. The van der Waals surface area contributed by atoms with E-state index < -0.39 is 0 Å². The molecule has 0 unspecified atom stereocenters. The van der Waals surface area contributed by atoms with Crippen LogP contribution in [-0.2, 0) is 21.7 Å². The van der Waals surface area contributed by atoms with Crippen molar-refractivity contribution in [2.45, 2.75) is 105 Å². The number of aromatic nitrogens is 2. The van der Waals surface area contributed by atoms with Gasteiger partial charge in [-0.15, -0.1) is 0 Å². The van der Waals surface area contributed by atoms with E-state index in [4.69, 9.17) is 0 Å². The fraction of sp³-hybridized carbons (Fsp3) is 0.205. The van der Waals surface area contributed by atoms with Gasteiger partial charge in [-0.3, -0.25) is 0 Å². The van der Waals surface area contributed by atoms with Crippen molar-refractivity contribution in [3.63, 3.8) is 0 Å². The number of hydrogen-bond donors (Lipinski definition) is 0. The van der Waals surface area contributed by atoms with E-state index in [1.165, 1.54) is 132 Å². The van der Waals surface area contributed by atoms with Gasteiger partial charge in [-0.25, -0.2) is 0 Å². The zero-order valence-electron chi connectivity index (χ0n) is 48.7. The molecule has 0 amide bonds. The molecule has 0 fully saturated rings. The van der Waals surface area contributed by atoms with E-state index in [-0.39, 0.29) is 21.7 Å². The van der Waals surface area contributed by atoms with Crippen LogP contribution in [0.25, 0.3) is 121 Å². The summed E-state index contributed by atoms with van der Waals surface area (Å²) in [5.74, 6) is 0. The first-order valence-electron chi connectivity index (χ1n) is 28.7. The van der Waals surface area contributed by atoms with Crippen molar-refractivity contribution in [1.29, 1.82) is 0 Å². The lowest BCUT2D eigenvalue weighted by Crippen LogP contribution is -2.16. The molecule has 0 saturated heterocycles. The van der Waals surface area contributed by atoms with Gasteiger partial charge in [-0.2, -0.15) is 0 Å². The summed E-state index contributed by atoms with van der Waals surface area (Å²) in [4.78, 5) is 0. The summed E-state index contributed by atoms with van der Waals surface area (Å²) in [5, 5.41) is 9.90. The monoisotopic (exact) mass is 1040 g/mol. The van der Waals surface area contributed by atoms with Crippen LogP contribution in [-0.4, -0.2) is 9.13 Å². The van der Waals surface area contributed by atoms with Crippen LogP contribution in [0.2, 0.25) is 0 Å². The molecule has 0 atom stereocenters. The minimum atomic E-state index is -0.0799. The summed E-state index contributed by atoms with van der Waals surface area (Å²) >= 11 is 0. The lowest BCUT2D eigenvalue weighted by Gasteiger charge is -2.28. The minimum Gasteiger partial charge on any atom is -0.309 e. The molecule has 394 valence electrons. The maximum Gasteiger partial charge on any atom is 0.0541 e. The highest BCUT2D eigenvalue weighted by molar-refractivity contribution is 6.13.